The van der Waals surface area contributed by atoms with E-state index in [0.29, 0.717) is 0 Å². The van der Waals surface area contributed by atoms with Crippen molar-refractivity contribution in [1.82, 2.24) is 4.90 Å². The van der Waals surface area contributed by atoms with Crippen molar-refractivity contribution in [3.63, 3.8) is 0 Å². The number of rotatable bonds is 6. The molecule has 2 atom stereocenters. The van der Waals surface area contributed by atoms with E-state index in [9.17, 15) is 5.11 Å². The van der Waals surface area contributed by atoms with E-state index in [4.69, 9.17) is 11.6 Å². The summed E-state index contributed by atoms with van der Waals surface area (Å²) in [7, 11) is 2.08. The lowest BCUT2D eigenvalue weighted by atomic mass is 9.87. The summed E-state index contributed by atoms with van der Waals surface area (Å²) in [4.78, 5) is 2.25. The molecule has 0 aliphatic heterocycles. The van der Waals surface area contributed by atoms with Gasteiger partial charge in [-0.05, 0) is 32.0 Å². The monoisotopic (exact) mass is 269 g/mol. The maximum atomic E-state index is 9.49. The van der Waals surface area contributed by atoms with Gasteiger partial charge in [-0.3, -0.25) is 4.90 Å². The van der Waals surface area contributed by atoms with Gasteiger partial charge in [-0.1, -0.05) is 43.6 Å². The van der Waals surface area contributed by atoms with E-state index in [-0.39, 0.29) is 18.1 Å². The average molecular weight is 270 g/mol. The van der Waals surface area contributed by atoms with Gasteiger partial charge in [-0.25, -0.2) is 0 Å². The summed E-state index contributed by atoms with van der Waals surface area (Å²) >= 11 is 6.23. The summed E-state index contributed by atoms with van der Waals surface area (Å²) in [5.41, 5.74) is 1.09. The minimum atomic E-state index is -0.0513. The van der Waals surface area contributed by atoms with Crippen LogP contribution in [0.15, 0.2) is 24.3 Å². The number of hydrogen-bond donors (Lipinski definition) is 1. The van der Waals surface area contributed by atoms with E-state index >= 15 is 0 Å². The number of hydrogen-bond acceptors (Lipinski definition) is 2. The van der Waals surface area contributed by atoms with Crippen LogP contribution in [-0.4, -0.2) is 30.2 Å². The molecule has 0 aromatic heterocycles. The Bertz CT molecular complexity index is 377. The zero-order chi connectivity index (χ0) is 13.8. The highest BCUT2D eigenvalue weighted by atomic mass is 35.5. The molecule has 3 heteroatoms. The number of halogens is 1. The number of aliphatic hydroxyl groups is 1. The lowest BCUT2D eigenvalue weighted by molar-refractivity contribution is 0.0807. The highest BCUT2D eigenvalue weighted by Gasteiger charge is 2.25. The van der Waals surface area contributed by atoms with Crippen molar-refractivity contribution in [2.45, 2.75) is 33.2 Å². The maximum absolute atomic E-state index is 9.49. The van der Waals surface area contributed by atoms with Gasteiger partial charge in [-0.15, -0.1) is 0 Å². The number of benzene rings is 1. The third kappa shape index (κ3) is 3.71. The van der Waals surface area contributed by atoms with Crippen molar-refractivity contribution >= 4 is 11.6 Å². The van der Waals surface area contributed by atoms with Crippen LogP contribution in [0.5, 0.6) is 0 Å². The Morgan fingerprint density at radius 3 is 2.50 bits per heavy atom. The molecule has 0 fully saturated rings. The van der Waals surface area contributed by atoms with Crippen LogP contribution in [0.1, 0.15) is 38.8 Å². The van der Waals surface area contributed by atoms with Crippen molar-refractivity contribution in [3.8, 4) is 0 Å². The second kappa shape index (κ2) is 6.55. The Morgan fingerprint density at radius 1 is 1.39 bits per heavy atom. The smallest absolute Gasteiger partial charge is 0.0496 e. The first-order valence-electron chi connectivity index (χ1n) is 6.49. The third-order valence-corrected chi connectivity index (χ3v) is 4.23. The Morgan fingerprint density at radius 2 is 2.00 bits per heavy atom. The quantitative estimate of drug-likeness (QED) is 0.850. The molecule has 0 aliphatic rings. The van der Waals surface area contributed by atoms with E-state index in [0.717, 1.165) is 23.6 Å². The molecule has 0 saturated heterocycles. The molecule has 0 saturated carbocycles. The van der Waals surface area contributed by atoms with E-state index in [1.54, 1.807) is 0 Å². The predicted molar refractivity (Wildman–Crippen MR) is 78.0 cm³/mol. The van der Waals surface area contributed by atoms with Gasteiger partial charge >= 0.3 is 0 Å². The topological polar surface area (TPSA) is 23.5 Å². The molecule has 18 heavy (non-hydrogen) atoms. The van der Waals surface area contributed by atoms with Crippen LogP contribution >= 0.6 is 11.6 Å². The van der Waals surface area contributed by atoms with Gasteiger partial charge in [0.05, 0.1) is 0 Å². The fourth-order valence-corrected chi connectivity index (χ4v) is 2.36. The van der Waals surface area contributed by atoms with E-state index in [1.165, 1.54) is 0 Å². The molecule has 1 N–H and O–H groups in total. The van der Waals surface area contributed by atoms with Gasteiger partial charge in [0.1, 0.15) is 0 Å². The van der Waals surface area contributed by atoms with Gasteiger partial charge in [-0.2, -0.15) is 0 Å². The maximum Gasteiger partial charge on any atom is 0.0496 e. The molecule has 102 valence electrons. The summed E-state index contributed by atoms with van der Waals surface area (Å²) in [5, 5.41) is 10.3. The first-order chi connectivity index (χ1) is 8.43. The minimum absolute atomic E-state index is 0.0513. The molecule has 0 aliphatic carbocycles. The summed E-state index contributed by atoms with van der Waals surface area (Å²) in [6.07, 6.45) is 0.961. The average Bonchev–Trinajstić information content (AvgIpc) is 2.38. The van der Waals surface area contributed by atoms with Gasteiger partial charge in [0, 0.05) is 29.6 Å². The molecule has 1 rings (SSSR count). The summed E-state index contributed by atoms with van der Waals surface area (Å²) in [6.45, 7) is 7.44. The van der Waals surface area contributed by atoms with Gasteiger partial charge < -0.3 is 5.11 Å². The first kappa shape index (κ1) is 15.5. The van der Waals surface area contributed by atoms with Crippen LogP contribution in [0.3, 0.4) is 0 Å². The second-order valence-corrected chi connectivity index (χ2v) is 5.84. The van der Waals surface area contributed by atoms with Crippen molar-refractivity contribution in [1.29, 1.82) is 0 Å². The van der Waals surface area contributed by atoms with Crippen molar-refractivity contribution in [2.75, 3.05) is 20.2 Å². The van der Waals surface area contributed by atoms with Gasteiger partial charge in [0.15, 0.2) is 0 Å². The standard InChI is InChI=1S/C15H24ClNO/c1-5-15(3,11-18)10-17(4)12(2)13-8-6-7-9-14(13)16/h6-9,12,18H,5,10-11H2,1-4H3. The van der Waals surface area contributed by atoms with E-state index in [2.05, 4.69) is 38.8 Å². The minimum Gasteiger partial charge on any atom is -0.396 e. The third-order valence-electron chi connectivity index (χ3n) is 3.88. The molecule has 2 unspecified atom stereocenters. The Balaban J connectivity index is 2.79. The number of nitrogens with zero attached hydrogens (tertiary/aromatic N) is 1. The van der Waals surface area contributed by atoms with Crippen molar-refractivity contribution in [2.24, 2.45) is 5.41 Å². The molecule has 2 nitrogen and oxygen atoms in total. The molecule has 0 radical (unpaired) electrons. The Kier molecular flexibility index (Phi) is 5.64. The normalized spacial score (nSPS) is 16.6. The molecule has 1 aromatic carbocycles. The lowest BCUT2D eigenvalue weighted by Crippen LogP contribution is -2.37. The Labute approximate surface area is 116 Å². The van der Waals surface area contributed by atoms with Gasteiger partial charge in [0.25, 0.3) is 0 Å². The SMILES string of the molecule is CCC(C)(CO)CN(C)C(C)c1ccccc1Cl. The van der Waals surface area contributed by atoms with E-state index < -0.39 is 0 Å². The summed E-state index contributed by atoms with van der Waals surface area (Å²) in [5.74, 6) is 0. The molecule has 1 aromatic rings. The van der Waals surface area contributed by atoms with Gasteiger partial charge in [0.2, 0.25) is 0 Å². The van der Waals surface area contributed by atoms with Crippen molar-refractivity contribution in [3.05, 3.63) is 34.9 Å². The highest BCUT2D eigenvalue weighted by molar-refractivity contribution is 6.31. The predicted octanol–water partition coefficient (Wildman–Crippen LogP) is 3.74. The van der Waals surface area contributed by atoms with Crippen LogP contribution < -0.4 is 0 Å². The van der Waals surface area contributed by atoms with Crippen LogP contribution in [0, 0.1) is 5.41 Å². The largest absolute Gasteiger partial charge is 0.396 e. The zero-order valence-corrected chi connectivity index (χ0v) is 12.5. The molecular formula is C15H24ClNO. The lowest BCUT2D eigenvalue weighted by Gasteiger charge is -2.35. The Hall–Kier alpha value is -0.570. The van der Waals surface area contributed by atoms with Crippen molar-refractivity contribution < 1.29 is 5.11 Å². The molecular weight excluding hydrogens is 246 g/mol. The number of aliphatic hydroxyl groups excluding tert-OH is 1. The second-order valence-electron chi connectivity index (χ2n) is 5.43. The van der Waals surface area contributed by atoms with Crippen LogP contribution in [0.2, 0.25) is 5.02 Å². The summed E-state index contributed by atoms with van der Waals surface area (Å²) in [6, 6.07) is 8.19. The molecule has 0 bridgehead atoms. The summed E-state index contributed by atoms with van der Waals surface area (Å²) < 4.78 is 0. The molecule has 0 heterocycles. The van der Waals surface area contributed by atoms with Crippen LogP contribution in [0.4, 0.5) is 0 Å². The fourth-order valence-electron chi connectivity index (χ4n) is 2.06. The van der Waals surface area contributed by atoms with Crippen LogP contribution in [-0.2, 0) is 0 Å². The fraction of sp³-hybridized carbons (Fsp3) is 0.600. The zero-order valence-electron chi connectivity index (χ0n) is 11.8. The van der Waals surface area contributed by atoms with Crippen LogP contribution in [0.25, 0.3) is 0 Å². The van der Waals surface area contributed by atoms with E-state index in [1.807, 2.05) is 18.2 Å². The molecule has 0 amide bonds. The molecule has 0 spiro atoms. The first-order valence-corrected chi connectivity index (χ1v) is 6.87. The highest BCUT2D eigenvalue weighted by Crippen LogP contribution is 2.29.